The molecular weight excluding hydrogens is 136 g/mol. The molecule has 0 amide bonds. The first-order valence-corrected chi connectivity index (χ1v) is 5.26. The molecule has 0 aromatic rings. The van der Waals surface area contributed by atoms with Crippen LogP contribution in [0, 0.1) is 0 Å². The fourth-order valence-corrected chi connectivity index (χ4v) is 1.82. The SMILES string of the molecule is CCO[Si]CCSC. The molecule has 0 heterocycles. The van der Waals surface area contributed by atoms with E-state index >= 15 is 0 Å². The second-order valence-electron chi connectivity index (χ2n) is 1.32. The summed E-state index contributed by atoms with van der Waals surface area (Å²) in [4.78, 5) is 0. The van der Waals surface area contributed by atoms with E-state index in [1.54, 1.807) is 0 Å². The second-order valence-corrected chi connectivity index (χ2v) is 3.38. The number of hydrogen-bond acceptors (Lipinski definition) is 2. The fraction of sp³-hybridized carbons (Fsp3) is 1.00. The smallest absolute Gasteiger partial charge is 0.230 e. The van der Waals surface area contributed by atoms with E-state index in [9.17, 15) is 0 Å². The Hall–Kier alpha value is 0.527. The third-order valence-electron chi connectivity index (χ3n) is 0.655. The Morgan fingerprint density at radius 2 is 2.38 bits per heavy atom. The van der Waals surface area contributed by atoms with Crippen LogP contribution in [0.1, 0.15) is 6.92 Å². The van der Waals surface area contributed by atoms with Crippen LogP contribution in [0.2, 0.25) is 6.04 Å². The summed E-state index contributed by atoms with van der Waals surface area (Å²) >= 11 is 1.88. The molecule has 0 aliphatic carbocycles. The van der Waals surface area contributed by atoms with Gasteiger partial charge in [0.05, 0.1) is 0 Å². The lowest BCUT2D eigenvalue weighted by Gasteiger charge is -1.94. The summed E-state index contributed by atoms with van der Waals surface area (Å²) in [6.07, 6.45) is 2.12. The zero-order chi connectivity index (χ0) is 6.24. The van der Waals surface area contributed by atoms with Gasteiger partial charge in [0.15, 0.2) is 0 Å². The maximum Gasteiger partial charge on any atom is 0.230 e. The van der Waals surface area contributed by atoms with E-state index in [1.807, 2.05) is 18.7 Å². The van der Waals surface area contributed by atoms with Crippen LogP contribution in [0.5, 0.6) is 0 Å². The zero-order valence-electron chi connectivity index (χ0n) is 5.44. The maximum absolute atomic E-state index is 5.15. The first kappa shape index (κ1) is 8.53. The molecule has 0 aromatic heterocycles. The highest BCUT2D eigenvalue weighted by molar-refractivity contribution is 7.98. The van der Waals surface area contributed by atoms with Crippen molar-refractivity contribution < 1.29 is 4.43 Å². The minimum atomic E-state index is 0.718. The Morgan fingerprint density at radius 1 is 1.62 bits per heavy atom. The van der Waals surface area contributed by atoms with E-state index in [4.69, 9.17) is 4.43 Å². The van der Waals surface area contributed by atoms with Crippen molar-refractivity contribution in [2.75, 3.05) is 18.6 Å². The third-order valence-corrected chi connectivity index (χ3v) is 2.58. The lowest BCUT2D eigenvalue weighted by atomic mass is 10.9. The highest BCUT2D eigenvalue weighted by atomic mass is 32.2. The van der Waals surface area contributed by atoms with E-state index in [-0.39, 0.29) is 0 Å². The quantitative estimate of drug-likeness (QED) is 0.431. The molecule has 0 saturated carbocycles. The van der Waals surface area contributed by atoms with Crippen molar-refractivity contribution in [1.82, 2.24) is 0 Å². The van der Waals surface area contributed by atoms with Crippen LogP contribution >= 0.6 is 11.8 Å². The lowest BCUT2D eigenvalue weighted by Crippen LogP contribution is -1.97. The average Bonchev–Trinajstić information content (AvgIpc) is 1.81. The van der Waals surface area contributed by atoms with E-state index in [1.165, 1.54) is 11.8 Å². The van der Waals surface area contributed by atoms with Gasteiger partial charge in [-0.3, -0.25) is 0 Å². The van der Waals surface area contributed by atoms with Crippen LogP contribution in [0.15, 0.2) is 0 Å². The van der Waals surface area contributed by atoms with Crippen LogP contribution in [-0.4, -0.2) is 28.4 Å². The molecule has 0 spiro atoms. The fourth-order valence-electron chi connectivity index (χ4n) is 0.318. The standard InChI is InChI=1S/C5H12OSSi/c1-3-6-8-5-4-7-2/h3-5H2,1-2H3. The van der Waals surface area contributed by atoms with Gasteiger partial charge in [-0.1, -0.05) is 0 Å². The van der Waals surface area contributed by atoms with E-state index < -0.39 is 0 Å². The molecule has 0 unspecified atom stereocenters. The largest absolute Gasteiger partial charge is 0.418 e. The van der Waals surface area contributed by atoms with Crippen LogP contribution in [-0.2, 0) is 4.43 Å². The summed E-state index contributed by atoms with van der Waals surface area (Å²) in [5.74, 6) is 1.23. The maximum atomic E-state index is 5.15. The van der Waals surface area contributed by atoms with Gasteiger partial charge in [0.25, 0.3) is 0 Å². The van der Waals surface area contributed by atoms with Crippen molar-refractivity contribution in [2.24, 2.45) is 0 Å². The summed E-state index contributed by atoms with van der Waals surface area (Å²) in [6.45, 7) is 2.90. The van der Waals surface area contributed by atoms with E-state index in [0.717, 1.165) is 16.4 Å². The Balaban J connectivity index is 2.53. The van der Waals surface area contributed by atoms with Gasteiger partial charge in [0.1, 0.15) is 0 Å². The molecule has 0 fully saturated rings. The van der Waals surface area contributed by atoms with Gasteiger partial charge in [-0.2, -0.15) is 11.8 Å². The summed E-state index contributed by atoms with van der Waals surface area (Å²) < 4.78 is 5.15. The topological polar surface area (TPSA) is 9.23 Å². The van der Waals surface area contributed by atoms with Crippen molar-refractivity contribution in [2.45, 2.75) is 13.0 Å². The van der Waals surface area contributed by atoms with Crippen molar-refractivity contribution in [1.29, 1.82) is 0 Å². The highest BCUT2D eigenvalue weighted by Gasteiger charge is 1.86. The monoisotopic (exact) mass is 148 g/mol. The summed E-state index contributed by atoms with van der Waals surface area (Å²) in [5.41, 5.74) is 0. The molecule has 0 N–H and O–H groups in total. The van der Waals surface area contributed by atoms with Gasteiger partial charge in [0.2, 0.25) is 9.76 Å². The molecule has 1 nitrogen and oxygen atoms in total. The van der Waals surface area contributed by atoms with Gasteiger partial charge in [-0.15, -0.1) is 0 Å². The van der Waals surface area contributed by atoms with Gasteiger partial charge in [-0.25, -0.2) is 0 Å². The first-order chi connectivity index (χ1) is 3.91. The lowest BCUT2D eigenvalue weighted by molar-refractivity contribution is 0.361. The van der Waals surface area contributed by atoms with Crippen LogP contribution < -0.4 is 0 Å². The molecular formula is C5H12OSSi. The first-order valence-electron chi connectivity index (χ1n) is 2.75. The normalized spacial score (nSPS) is 9.75. The van der Waals surface area contributed by atoms with Crippen molar-refractivity contribution in [3.8, 4) is 0 Å². The molecule has 0 aliphatic rings. The Morgan fingerprint density at radius 3 is 2.88 bits per heavy atom. The average molecular weight is 148 g/mol. The van der Waals surface area contributed by atoms with Crippen LogP contribution in [0.25, 0.3) is 0 Å². The predicted octanol–water partition coefficient (Wildman–Crippen LogP) is 1.42. The third kappa shape index (κ3) is 6.53. The number of hydrogen-bond donors (Lipinski definition) is 0. The summed E-state index contributed by atoms with van der Waals surface area (Å²) in [7, 11) is 0.718. The van der Waals surface area contributed by atoms with Crippen molar-refractivity contribution in [3.05, 3.63) is 0 Å². The molecule has 0 rings (SSSR count). The predicted molar refractivity (Wildman–Crippen MR) is 40.6 cm³/mol. The van der Waals surface area contributed by atoms with Gasteiger partial charge in [-0.05, 0) is 25.0 Å². The van der Waals surface area contributed by atoms with Crippen molar-refractivity contribution >= 4 is 21.5 Å². The van der Waals surface area contributed by atoms with Gasteiger partial charge >= 0.3 is 0 Å². The van der Waals surface area contributed by atoms with Gasteiger partial charge in [0, 0.05) is 6.61 Å². The highest BCUT2D eigenvalue weighted by Crippen LogP contribution is 1.94. The Kier molecular flexibility index (Phi) is 8.02. The van der Waals surface area contributed by atoms with E-state index in [0.29, 0.717) is 0 Å². The van der Waals surface area contributed by atoms with Crippen molar-refractivity contribution in [3.63, 3.8) is 0 Å². The Bertz CT molecular complexity index is 37.4. The molecule has 0 atom stereocenters. The van der Waals surface area contributed by atoms with Crippen LogP contribution in [0.4, 0.5) is 0 Å². The zero-order valence-corrected chi connectivity index (χ0v) is 7.25. The molecule has 48 valence electrons. The minimum absolute atomic E-state index is 0.718. The Labute approximate surface area is 58.1 Å². The molecule has 0 bridgehead atoms. The molecule has 0 saturated heterocycles. The molecule has 0 aliphatic heterocycles. The molecule has 0 aromatic carbocycles. The number of rotatable bonds is 5. The van der Waals surface area contributed by atoms with Crippen LogP contribution in [0.3, 0.4) is 0 Å². The molecule has 8 heavy (non-hydrogen) atoms. The second kappa shape index (κ2) is 7.53. The number of thioether (sulfide) groups is 1. The molecule has 3 heteroatoms. The summed E-state index contributed by atoms with van der Waals surface area (Å²) in [6, 6.07) is 1.22. The molecule has 2 radical (unpaired) electrons. The summed E-state index contributed by atoms with van der Waals surface area (Å²) in [5, 5.41) is 0. The minimum Gasteiger partial charge on any atom is -0.418 e. The van der Waals surface area contributed by atoms with E-state index in [2.05, 4.69) is 6.26 Å². The van der Waals surface area contributed by atoms with Gasteiger partial charge < -0.3 is 4.43 Å².